The highest BCUT2D eigenvalue weighted by Crippen LogP contribution is 2.19. The molecule has 2 N–H and O–H groups in total. The quantitative estimate of drug-likeness (QED) is 0.396. The summed E-state index contributed by atoms with van der Waals surface area (Å²) in [5, 5.41) is 18.6. The van der Waals surface area contributed by atoms with Crippen molar-refractivity contribution in [3.63, 3.8) is 0 Å². The summed E-state index contributed by atoms with van der Waals surface area (Å²) in [4.78, 5) is 10.6. The molecule has 0 amide bonds. The Hall–Kier alpha value is -2.07. The molecular formula is C21H30O4. The van der Waals surface area contributed by atoms with Crippen molar-refractivity contribution in [2.75, 3.05) is 6.61 Å². The number of rotatable bonds is 13. The number of aliphatic hydroxyl groups excluding tert-OH is 1. The number of carboxylic acid groups (broad SMARTS) is 1. The molecule has 1 atom stereocenters. The molecule has 0 aliphatic carbocycles. The number of para-hydroxylation sites is 1. The Morgan fingerprint density at radius 2 is 1.84 bits per heavy atom. The number of hydrogen-bond donors (Lipinski definition) is 2. The number of unbranched alkanes of at least 4 members (excludes halogenated alkanes) is 5. The maximum atomic E-state index is 10.6. The van der Waals surface area contributed by atoms with Crippen LogP contribution in [0.15, 0.2) is 42.5 Å². The van der Waals surface area contributed by atoms with E-state index in [2.05, 4.69) is 6.92 Å². The summed E-state index contributed by atoms with van der Waals surface area (Å²) in [7, 11) is 0. The first-order valence-electron chi connectivity index (χ1n) is 9.10. The largest absolute Gasteiger partial charge is 0.481 e. The van der Waals surface area contributed by atoms with Gasteiger partial charge in [-0.25, -0.2) is 4.79 Å². The Labute approximate surface area is 150 Å². The van der Waals surface area contributed by atoms with E-state index in [1.165, 1.54) is 32.1 Å². The highest BCUT2D eigenvalue weighted by Gasteiger charge is 2.02. The molecule has 0 radical (unpaired) electrons. The molecule has 138 valence electrons. The molecule has 1 rings (SSSR count). The van der Waals surface area contributed by atoms with Crippen LogP contribution in [0.3, 0.4) is 0 Å². The minimum Gasteiger partial charge on any atom is -0.481 e. The Balaban J connectivity index is 2.36. The molecule has 0 heterocycles. The van der Waals surface area contributed by atoms with Gasteiger partial charge in [-0.2, -0.15) is 0 Å². The maximum absolute atomic E-state index is 10.6. The van der Waals surface area contributed by atoms with Gasteiger partial charge in [-0.1, -0.05) is 88.0 Å². The average molecular weight is 346 g/mol. The van der Waals surface area contributed by atoms with Crippen molar-refractivity contribution in [1.82, 2.24) is 0 Å². The molecule has 0 aliphatic rings. The van der Waals surface area contributed by atoms with E-state index in [9.17, 15) is 9.90 Å². The van der Waals surface area contributed by atoms with Crippen LogP contribution in [0, 0.1) is 0 Å². The van der Waals surface area contributed by atoms with Crippen LogP contribution >= 0.6 is 0 Å². The van der Waals surface area contributed by atoms with Crippen LogP contribution in [0.2, 0.25) is 0 Å². The monoisotopic (exact) mass is 346 g/mol. The zero-order chi connectivity index (χ0) is 18.3. The number of hydrogen-bond acceptors (Lipinski definition) is 3. The van der Waals surface area contributed by atoms with Crippen LogP contribution < -0.4 is 4.74 Å². The van der Waals surface area contributed by atoms with Crippen LogP contribution in [0.4, 0.5) is 0 Å². The first kappa shape index (κ1) is 21.0. The summed E-state index contributed by atoms with van der Waals surface area (Å²) >= 11 is 0. The highest BCUT2D eigenvalue weighted by atomic mass is 16.5. The molecule has 0 aromatic heterocycles. The maximum Gasteiger partial charge on any atom is 0.341 e. The number of aliphatic carboxylic acids is 1. The van der Waals surface area contributed by atoms with Crippen LogP contribution in [0.5, 0.6) is 5.75 Å². The molecule has 1 unspecified atom stereocenters. The van der Waals surface area contributed by atoms with Crippen molar-refractivity contribution < 1.29 is 19.7 Å². The first-order chi connectivity index (χ1) is 12.1. The Morgan fingerprint density at radius 3 is 2.60 bits per heavy atom. The number of aliphatic hydroxyl groups is 1. The lowest BCUT2D eigenvalue weighted by molar-refractivity contribution is -0.139. The fourth-order valence-corrected chi connectivity index (χ4v) is 2.47. The van der Waals surface area contributed by atoms with Crippen molar-refractivity contribution in [3.05, 3.63) is 48.1 Å². The fourth-order valence-electron chi connectivity index (χ4n) is 2.47. The van der Waals surface area contributed by atoms with Gasteiger partial charge in [0.25, 0.3) is 0 Å². The molecule has 0 spiro atoms. The lowest BCUT2D eigenvalue weighted by Gasteiger charge is -2.06. The Kier molecular flexibility index (Phi) is 11.1. The van der Waals surface area contributed by atoms with Crippen molar-refractivity contribution in [2.24, 2.45) is 0 Å². The van der Waals surface area contributed by atoms with E-state index in [4.69, 9.17) is 9.84 Å². The lowest BCUT2D eigenvalue weighted by atomic mass is 10.1. The van der Waals surface area contributed by atoms with E-state index in [1.54, 1.807) is 18.2 Å². The van der Waals surface area contributed by atoms with Gasteiger partial charge in [0.2, 0.25) is 0 Å². The van der Waals surface area contributed by atoms with E-state index in [0.29, 0.717) is 5.75 Å². The van der Waals surface area contributed by atoms with E-state index in [0.717, 1.165) is 18.4 Å². The highest BCUT2D eigenvalue weighted by molar-refractivity contribution is 5.69. The van der Waals surface area contributed by atoms with E-state index in [1.807, 2.05) is 30.4 Å². The molecule has 0 fully saturated rings. The summed E-state index contributed by atoms with van der Waals surface area (Å²) in [5.41, 5.74) is 0.804. The molecule has 0 saturated heterocycles. The van der Waals surface area contributed by atoms with Gasteiger partial charge in [-0.05, 0) is 12.5 Å². The van der Waals surface area contributed by atoms with Crippen molar-refractivity contribution in [2.45, 2.75) is 58.0 Å². The van der Waals surface area contributed by atoms with Gasteiger partial charge >= 0.3 is 5.97 Å². The number of carbonyl (C=O) groups is 1. The van der Waals surface area contributed by atoms with Gasteiger partial charge in [0, 0.05) is 5.56 Å². The number of carboxylic acids is 1. The summed E-state index contributed by atoms with van der Waals surface area (Å²) < 4.78 is 5.25. The zero-order valence-corrected chi connectivity index (χ0v) is 15.1. The van der Waals surface area contributed by atoms with Crippen molar-refractivity contribution in [1.29, 1.82) is 0 Å². The predicted octanol–water partition coefficient (Wildman–Crippen LogP) is 4.83. The Morgan fingerprint density at radius 1 is 1.12 bits per heavy atom. The fraction of sp³-hybridized carbons (Fsp3) is 0.476. The summed E-state index contributed by atoms with van der Waals surface area (Å²) in [6.45, 7) is 1.84. The minimum absolute atomic E-state index is 0.363. The summed E-state index contributed by atoms with van der Waals surface area (Å²) in [5.74, 6) is -0.473. The standard InChI is InChI=1S/C21H30O4/c1-2-3-4-5-6-7-14-19(22)15-10-8-12-18-13-9-11-16-20(18)25-17-21(23)24/h8-13,15-16,19,22H,2-7,14,17H2,1H3,(H,23,24). The van der Waals surface area contributed by atoms with Crippen molar-refractivity contribution >= 4 is 12.0 Å². The Bertz CT molecular complexity index is 549. The molecular weight excluding hydrogens is 316 g/mol. The predicted molar refractivity (Wildman–Crippen MR) is 102 cm³/mol. The topological polar surface area (TPSA) is 66.8 Å². The van der Waals surface area contributed by atoms with Crippen LogP contribution in [0.1, 0.15) is 57.4 Å². The van der Waals surface area contributed by atoms with Gasteiger partial charge in [0.15, 0.2) is 6.61 Å². The molecule has 1 aromatic rings. The summed E-state index contributed by atoms with van der Waals surface area (Å²) in [6.07, 6.45) is 14.9. The second kappa shape index (κ2) is 13.2. The van der Waals surface area contributed by atoms with E-state index >= 15 is 0 Å². The number of ether oxygens (including phenoxy) is 1. The normalized spacial score (nSPS) is 12.7. The van der Waals surface area contributed by atoms with E-state index < -0.39 is 12.1 Å². The molecule has 1 aromatic carbocycles. The van der Waals surface area contributed by atoms with E-state index in [-0.39, 0.29) is 6.61 Å². The van der Waals surface area contributed by atoms with Gasteiger partial charge in [0.05, 0.1) is 6.10 Å². The zero-order valence-electron chi connectivity index (χ0n) is 15.1. The smallest absolute Gasteiger partial charge is 0.341 e. The average Bonchev–Trinajstić information content (AvgIpc) is 2.60. The first-order valence-corrected chi connectivity index (χ1v) is 9.10. The SMILES string of the molecule is CCCCCCCCC(O)C=CC=Cc1ccccc1OCC(=O)O. The molecule has 25 heavy (non-hydrogen) atoms. The molecule has 0 bridgehead atoms. The van der Waals surface area contributed by atoms with Gasteiger partial charge < -0.3 is 14.9 Å². The van der Waals surface area contributed by atoms with Gasteiger partial charge in [-0.3, -0.25) is 0 Å². The van der Waals surface area contributed by atoms with Crippen LogP contribution in [0.25, 0.3) is 6.08 Å². The third-order valence-corrected chi connectivity index (χ3v) is 3.84. The van der Waals surface area contributed by atoms with Crippen molar-refractivity contribution in [3.8, 4) is 5.75 Å². The third-order valence-electron chi connectivity index (χ3n) is 3.84. The third kappa shape index (κ3) is 10.4. The van der Waals surface area contributed by atoms with Gasteiger partial charge in [-0.15, -0.1) is 0 Å². The molecule has 4 heteroatoms. The number of allylic oxidation sites excluding steroid dienone is 2. The van der Waals surface area contributed by atoms with Crippen LogP contribution in [-0.4, -0.2) is 28.9 Å². The van der Waals surface area contributed by atoms with Gasteiger partial charge in [0.1, 0.15) is 5.75 Å². The molecule has 0 saturated carbocycles. The molecule has 0 aliphatic heterocycles. The second-order valence-electron chi connectivity index (χ2n) is 6.09. The number of benzene rings is 1. The molecule has 4 nitrogen and oxygen atoms in total. The second-order valence-corrected chi connectivity index (χ2v) is 6.09. The lowest BCUT2D eigenvalue weighted by Crippen LogP contribution is -2.09. The summed E-state index contributed by atoms with van der Waals surface area (Å²) in [6, 6.07) is 7.26. The minimum atomic E-state index is -1.00. The van der Waals surface area contributed by atoms with Crippen LogP contribution in [-0.2, 0) is 4.79 Å².